The number of ether oxygens (including phenoxy) is 2. The van der Waals surface area contributed by atoms with Gasteiger partial charge in [-0.1, -0.05) is 23.2 Å². The van der Waals surface area contributed by atoms with Crippen molar-refractivity contribution in [2.75, 3.05) is 64.1 Å². The molecule has 2 saturated heterocycles. The second-order valence-corrected chi connectivity index (χ2v) is 13.9. The van der Waals surface area contributed by atoms with Crippen LogP contribution in [0, 0.1) is 0 Å². The van der Waals surface area contributed by atoms with Crippen molar-refractivity contribution in [1.29, 1.82) is 0 Å². The molecule has 0 saturated carbocycles. The minimum atomic E-state index is -4.76. The number of nitrogens with two attached hydrogens (primary N) is 2. The van der Waals surface area contributed by atoms with Crippen LogP contribution in [0.25, 0.3) is 0 Å². The molecule has 0 spiro atoms. The number of fused-ring (bicyclic) bond motifs is 2. The molecule has 2 aromatic rings. The van der Waals surface area contributed by atoms with E-state index < -0.39 is 40.5 Å². The summed E-state index contributed by atoms with van der Waals surface area (Å²) in [6.07, 6.45) is -4.26. The van der Waals surface area contributed by atoms with Crippen molar-refractivity contribution < 1.29 is 31.8 Å². The number of nitrogens with zero attached hydrogens (tertiary/aromatic N) is 6. The number of halogens is 6. The Morgan fingerprint density at radius 3 is 2.73 bits per heavy atom. The van der Waals surface area contributed by atoms with Gasteiger partial charge < -0.3 is 30.7 Å². The van der Waals surface area contributed by atoms with Crippen molar-refractivity contribution in [3.63, 3.8) is 0 Å². The average Bonchev–Trinajstić information content (AvgIpc) is 3.44. The number of hydrogen-bond donors (Lipinski definition) is 2. The van der Waals surface area contributed by atoms with E-state index in [0.29, 0.717) is 55.3 Å². The van der Waals surface area contributed by atoms with Crippen LogP contribution in [0.5, 0.6) is 6.01 Å². The van der Waals surface area contributed by atoms with Crippen LogP contribution in [0.4, 0.5) is 29.1 Å². The van der Waals surface area contributed by atoms with E-state index in [-0.39, 0.29) is 54.2 Å². The molecule has 0 bridgehead atoms. The predicted molar refractivity (Wildman–Crippen MR) is 178 cm³/mol. The number of likely N-dealkylation sites (N-methyl/N-ethyl adjacent to an activating group) is 1. The van der Waals surface area contributed by atoms with Gasteiger partial charge in [-0.3, -0.25) is 14.7 Å². The number of carbonyl (C=O) groups excluding carboxylic acids is 1. The largest absolute Gasteiger partial charge is 0.461 e. The maximum Gasteiger partial charge on any atom is 0.418 e. The Balaban J connectivity index is 1.38. The highest BCUT2D eigenvalue weighted by molar-refractivity contribution is 6.45. The maximum absolute atomic E-state index is 14.5. The van der Waals surface area contributed by atoms with E-state index in [1.807, 2.05) is 4.90 Å². The summed E-state index contributed by atoms with van der Waals surface area (Å²) in [6.45, 7) is 2.12. The van der Waals surface area contributed by atoms with E-state index in [2.05, 4.69) is 14.9 Å². The molecule has 266 valence electrons. The molecule has 0 aliphatic carbocycles. The number of aromatic nitrogens is 2. The monoisotopic (exact) mass is 728 g/mol. The molecule has 6 rings (SSSR count). The molecule has 11 nitrogen and oxygen atoms in total. The zero-order chi connectivity index (χ0) is 35.2. The number of aliphatic imine (C=N–C) groups is 1. The molecular weight excluding hydrogens is 691 g/mol. The highest BCUT2D eigenvalue weighted by atomic mass is 35.5. The van der Waals surface area contributed by atoms with Crippen molar-refractivity contribution in [2.24, 2.45) is 10.7 Å². The first kappa shape index (κ1) is 35.4. The number of rotatable bonds is 7. The summed E-state index contributed by atoms with van der Waals surface area (Å²) in [5.41, 5.74) is 11.6. The lowest BCUT2D eigenvalue weighted by Crippen LogP contribution is -2.43. The normalized spacial score (nSPS) is 24.9. The lowest BCUT2D eigenvalue weighted by atomic mass is 9.94. The van der Waals surface area contributed by atoms with Gasteiger partial charge in [0.2, 0.25) is 0 Å². The number of alkyl halides is 4. The van der Waals surface area contributed by atoms with Gasteiger partial charge >= 0.3 is 12.2 Å². The highest BCUT2D eigenvalue weighted by Crippen LogP contribution is 2.45. The molecule has 4 aliphatic heterocycles. The molecule has 1 aromatic carbocycles. The van der Waals surface area contributed by atoms with Gasteiger partial charge in [0.15, 0.2) is 0 Å². The zero-order valence-electron chi connectivity index (χ0n) is 27.1. The summed E-state index contributed by atoms with van der Waals surface area (Å²) in [7, 11) is 3.11. The summed E-state index contributed by atoms with van der Waals surface area (Å²) < 4.78 is 69.5. The number of benzene rings is 1. The van der Waals surface area contributed by atoms with Crippen LogP contribution in [0.1, 0.15) is 54.2 Å². The highest BCUT2D eigenvalue weighted by Gasteiger charge is 2.49. The number of hydrogen-bond acceptors (Lipinski definition) is 10. The third-order valence-electron chi connectivity index (χ3n) is 9.52. The fourth-order valence-electron chi connectivity index (χ4n) is 7.20. The standard InChI is InChI=1S/C32H38Cl2F4N8O3/c1-44(2)29(47)27(40)26(34)23-14-45(7-4-6-41-23)28-20-15-48-24(19-9-18(39)10-21(33)25(19)32(36,37)38)11-22(20)42-30(43-28)49-16-31-5-3-8-46(31)13-17(35)12-31/h9-10,17,24H,3-8,11-16,39-40H2,1-2H3/t17-,24+,31+/m1/s1. The van der Waals surface area contributed by atoms with Gasteiger partial charge in [-0.15, -0.1) is 0 Å². The second kappa shape index (κ2) is 13.7. The average molecular weight is 730 g/mol. The number of anilines is 2. The summed E-state index contributed by atoms with van der Waals surface area (Å²) in [6, 6.07) is 2.28. The molecule has 0 radical (unpaired) electrons. The lowest BCUT2D eigenvalue weighted by Gasteiger charge is -2.33. The van der Waals surface area contributed by atoms with Crippen LogP contribution in [-0.4, -0.2) is 96.5 Å². The Hall–Kier alpha value is -3.40. The molecule has 1 aromatic heterocycles. The van der Waals surface area contributed by atoms with Gasteiger partial charge in [0, 0.05) is 57.8 Å². The van der Waals surface area contributed by atoms with Crippen molar-refractivity contribution in [3.05, 3.63) is 50.3 Å². The number of amides is 1. The first-order valence-corrected chi connectivity index (χ1v) is 16.8. The van der Waals surface area contributed by atoms with Crippen LogP contribution >= 0.6 is 23.2 Å². The Morgan fingerprint density at radius 1 is 1.22 bits per heavy atom. The third-order valence-corrected chi connectivity index (χ3v) is 10.2. The van der Waals surface area contributed by atoms with E-state index in [9.17, 15) is 22.4 Å². The molecule has 3 atom stereocenters. The first-order chi connectivity index (χ1) is 23.2. The van der Waals surface area contributed by atoms with Gasteiger partial charge in [-0.2, -0.15) is 23.1 Å². The molecule has 5 heterocycles. The quantitative estimate of drug-likeness (QED) is 0.237. The van der Waals surface area contributed by atoms with E-state index in [1.165, 1.54) is 11.0 Å². The van der Waals surface area contributed by atoms with Crippen LogP contribution in [0.3, 0.4) is 0 Å². The van der Waals surface area contributed by atoms with Gasteiger partial charge in [0.25, 0.3) is 5.91 Å². The smallest absolute Gasteiger partial charge is 0.418 e. The van der Waals surface area contributed by atoms with E-state index in [0.717, 1.165) is 25.5 Å². The fraction of sp³-hybridized carbons (Fsp3) is 0.562. The van der Waals surface area contributed by atoms with Crippen molar-refractivity contribution in [3.8, 4) is 6.01 Å². The van der Waals surface area contributed by atoms with Gasteiger partial charge in [-0.25, -0.2) is 4.39 Å². The molecule has 4 aliphatic rings. The number of carbonyl (C=O) groups is 1. The lowest BCUT2D eigenvalue weighted by molar-refractivity contribution is -0.139. The Morgan fingerprint density at radius 2 is 2.00 bits per heavy atom. The minimum Gasteiger partial charge on any atom is -0.461 e. The minimum absolute atomic E-state index is 0.00580. The fourth-order valence-corrected chi connectivity index (χ4v) is 7.74. The summed E-state index contributed by atoms with van der Waals surface area (Å²) in [5.74, 6) is -0.0482. The van der Waals surface area contributed by atoms with E-state index >= 15 is 0 Å². The van der Waals surface area contributed by atoms with E-state index in [1.54, 1.807) is 14.1 Å². The Labute approximate surface area is 291 Å². The molecule has 0 unspecified atom stereocenters. The van der Waals surface area contributed by atoms with Gasteiger partial charge in [0.05, 0.1) is 51.8 Å². The van der Waals surface area contributed by atoms with Gasteiger partial charge in [0.1, 0.15) is 24.3 Å². The SMILES string of the molecule is CN(C)C(=O)C(N)=C(Cl)C1=NCCCN(c2nc(OC[C@@]34CCCN3C[C@H](F)C4)nc3c2CO[C@H](c2cc(N)cc(Cl)c2C(F)(F)F)C3)C1. The van der Waals surface area contributed by atoms with Crippen molar-refractivity contribution >= 4 is 46.3 Å². The van der Waals surface area contributed by atoms with Crippen LogP contribution in [0.15, 0.2) is 27.9 Å². The third kappa shape index (κ3) is 7.12. The van der Waals surface area contributed by atoms with Gasteiger partial charge in [-0.05, 0) is 43.5 Å². The predicted octanol–water partition coefficient (Wildman–Crippen LogP) is 4.65. The maximum atomic E-state index is 14.5. The molecule has 17 heteroatoms. The Kier molecular flexibility index (Phi) is 9.92. The second-order valence-electron chi connectivity index (χ2n) is 13.1. The zero-order valence-corrected chi connectivity index (χ0v) is 28.6. The summed E-state index contributed by atoms with van der Waals surface area (Å²) in [5, 5.41) is -0.511. The summed E-state index contributed by atoms with van der Waals surface area (Å²) >= 11 is 12.7. The molecule has 2 fully saturated rings. The first-order valence-electron chi connectivity index (χ1n) is 16.0. The molecule has 1 amide bonds. The van der Waals surface area contributed by atoms with E-state index in [4.69, 9.17) is 49.1 Å². The van der Waals surface area contributed by atoms with Crippen LogP contribution in [0.2, 0.25) is 5.02 Å². The molecular formula is C32H38Cl2F4N8O3. The van der Waals surface area contributed by atoms with Crippen LogP contribution < -0.4 is 21.1 Å². The molecule has 4 N–H and O–H groups in total. The Bertz CT molecular complexity index is 1690. The van der Waals surface area contributed by atoms with Crippen molar-refractivity contribution in [2.45, 2.75) is 62.7 Å². The van der Waals surface area contributed by atoms with Crippen LogP contribution in [-0.2, 0) is 28.7 Å². The molecule has 49 heavy (non-hydrogen) atoms. The van der Waals surface area contributed by atoms with Crippen molar-refractivity contribution in [1.82, 2.24) is 19.8 Å². The topological polar surface area (TPSA) is 135 Å². The number of nitrogen functional groups attached to an aromatic ring is 1. The summed E-state index contributed by atoms with van der Waals surface area (Å²) in [4.78, 5) is 31.9.